The van der Waals surface area contributed by atoms with Crippen molar-refractivity contribution in [2.75, 3.05) is 0 Å². The normalized spacial score (nSPS) is 13.6. The first-order valence-electron chi connectivity index (χ1n) is 5.44. The first kappa shape index (κ1) is 14.5. The summed E-state index contributed by atoms with van der Waals surface area (Å²) in [5, 5.41) is 11.5. The van der Waals surface area contributed by atoms with Crippen LogP contribution in [0.2, 0.25) is 0 Å². The van der Waals surface area contributed by atoms with E-state index in [-0.39, 0.29) is 5.91 Å². The predicted molar refractivity (Wildman–Crippen MR) is 61.8 cm³/mol. The molecule has 16 heavy (non-hydrogen) atoms. The first-order chi connectivity index (χ1) is 7.46. The summed E-state index contributed by atoms with van der Waals surface area (Å²) in [6.07, 6.45) is 7.90. The summed E-state index contributed by atoms with van der Waals surface area (Å²) in [6, 6.07) is 0. The largest absolute Gasteiger partial charge is 0.480 e. The number of carboxylic acid groups (broad SMARTS) is 1. The number of hydrogen-bond acceptors (Lipinski definition) is 2. The lowest BCUT2D eigenvalue weighted by Crippen LogP contribution is -2.51. The molecule has 4 heteroatoms. The van der Waals surface area contributed by atoms with Gasteiger partial charge in [-0.3, -0.25) is 4.79 Å². The molecule has 0 bridgehead atoms. The molecule has 90 valence electrons. The summed E-state index contributed by atoms with van der Waals surface area (Å²) in [4.78, 5) is 22.4. The van der Waals surface area contributed by atoms with E-state index in [9.17, 15) is 9.59 Å². The molecule has 0 aromatic heterocycles. The van der Waals surface area contributed by atoms with Crippen LogP contribution in [-0.2, 0) is 9.59 Å². The molecule has 1 atom stereocenters. The van der Waals surface area contributed by atoms with Gasteiger partial charge in [-0.15, -0.1) is 12.3 Å². The van der Waals surface area contributed by atoms with Crippen LogP contribution < -0.4 is 5.32 Å². The summed E-state index contributed by atoms with van der Waals surface area (Å²) in [5.41, 5.74) is -1.16. The SMILES string of the molecule is C#CCCCCC(=O)NC(C)(CC)C(=O)O. The Kier molecular flexibility index (Phi) is 6.24. The van der Waals surface area contributed by atoms with E-state index in [1.165, 1.54) is 6.92 Å². The number of hydrogen-bond donors (Lipinski definition) is 2. The molecule has 1 unspecified atom stereocenters. The van der Waals surface area contributed by atoms with Gasteiger partial charge in [0, 0.05) is 12.8 Å². The maximum Gasteiger partial charge on any atom is 0.329 e. The first-order valence-corrected chi connectivity index (χ1v) is 5.44. The number of carbonyl (C=O) groups excluding carboxylic acids is 1. The van der Waals surface area contributed by atoms with Crippen molar-refractivity contribution in [3.05, 3.63) is 0 Å². The van der Waals surface area contributed by atoms with Gasteiger partial charge in [-0.25, -0.2) is 4.79 Å². The molecular weight excluding hydrogens is 206 g/mol. The lowest BCUT2D eigenvalue weighted by molar-refractivity contribution is -0.147. The van der Waals surface area contributed by atoms with E-state index in [1.807, 2.05) is 0 Å². The molecule has 0 saturated heterocycles. The van der Waals surface area contributed by atoms with E-state index in [0.29, 0.717) is 25.7 Å². The second-order valence-corrected chi connectivity index (χ2v) is 3.95. The van der Waals surface area contributed by atoms with Gasteiger partial charge in [0.1, 0.15) is 5.54 Å². The van der Waals surface area contributed by atoms with Crippen LogP contribution in [0.3, 0.4) is 0 Å². The van der Waals surface area contributed by atoms with E-state index >= 15 is 0 Å². The maximum absolute atomic E-state index is 11.5. The number of aliphatic carboxylic acids is 1. The highest BCUT2D eigenvalue weighted by Gasteiger charge is 2.32. The summed E-state index contributed by atoms with van der Waals surface area (Å²) >= 11 is 0. The molecular formula is C12H19NO3. The molecule has 0 aliphatic carbocycles. The van der Waals surface area contributed by atoms with Crippen LogP contribution >= 0.6 is 0 Å². The van der Waals surface area contributed by atoms with Crippen molar-refractivity contribution in [2.45, 2.75) is 51.5 Å². The highest BCUT2D eigenvalue weighted by atomic mass is 16.4. The number of unbranched alkanes of at least 4 members (excludes halogenated alkanes) is 2. The molecule has 2 N–H and O–H groups in total. The van der Waals surface area contributed by atoms with E-state index in [2.05, 4.69) is 11.2 Å². The maximum atomic E-state index is 11.5. The molecule has 0 rings (SSSR count). The van der Waals surface area contributed by atoms with Gasteiger partial charge < -0.3 is 10.4 Å². The molecule has 0 aliphatic heterocycles. The highest BCUT2D eigenvalue weighted by Crippen LogP contribution is 2.10. The second kappa shape index (κ2) is 6.89. The van der Waals surface area contributed by atoms with Crippen LogP contribution in [0.4, 0.5) is 0 Å². The van der Waals surface area contributed by atoms with E-state index in [0.717, 1.165) is 6.42 Å². The van der Waals surface area contributed by atoms with Crippen LogP contribution in [-0.4, -0.2) is 22.5 Å². The monoisotopic (exact) mass is 225 g/mol. The summed E-state index contributed by atoms with van der Waals surface area (Å²) in [7, 11) is 0. The molecule has 0 radical (unpaired) electrons. The Hall–Kier alpha value is -1.50. The number of amides is 1. The van der Waals surface area contributed by atoms with Crippen molar-refractivity contribution in [1.29, 1.82) is 0 Å². The number of nitrogens with one attached hydrogen (secondary N) is 1. The quantitative estimate of drug-likeness (QED) is 0.510. The second-order valence-electron chi connectivity index (χ2n) is 3.95. The van der Waals surface area contributed by atoms with Gasteiger partial charge in [0.2, 0.25) is 5.91 Å². The number of terminal acetylenes is 1. The van der Waals surface area contributed by atoms with E-state index in [1.54, 1.807) is 6.92 Å². The Bertz CT molecular complexity index is 293. The summed E-state index contributed by atoms with van der Waals surface area (Å²) in [6.45, 7) is 3.24. The summed E-state index contributed by atoms with van der Waals surface area (Å²) < 4.78 is 0. The Balaban J connectivity index is 4.03. The summed E-state index contributed by atoms with van der Waals surface area (Å²) in [5.74, 6) is 1.25. The van der Waals surface area contributed by atoms with Gasteiger partial charge in [-0.1, -0.05) is 6.92 Å². The standard InChI is InChI=1S/C12H19NO3/c1-4-6-7-8-9-10(14)13-12(3,5-2)11(15)16/h1H,5-9H2,2-3H3,(H,13,14)(H,15,16). The molecule has 1 amide bonds. The topological polar surface area (TPSA) is 66.4 Å². The highest BCUT2D eigenvalue weighted by molar-refractivity contribution is 5.86. The van der Waals surface area contributed by atoms with Crippen molar-refractivity contribution in [3.63, 3.8) is 0 Å². The minimum Gasteiger partial charge on any atom is -0.480 e. The van der Waals surface area contributed by atoms with Crippen molar-refractivity contribution in [3.8, 4) is 12.3 Å². The zero-order chi connectivity index (χ0) is 12.6. The van der Waals surface area contributed by atoms with E-state index < -0.39 is 11.5 Å². The zero-order valence-corrected chi connectivity index (χ0v) is 9.88. The smallest absolute Gasteiger partial charge is 0.329 e. The Morgan fingerprint density at radius 3 is 2.50 bits per heavy atom. The third-order valence-electron chi connectivity index (χ3n) is 2.57. The fraction of sp³-hybridized carbons (Fsp3) is 0.667. The molecule has 0 aromatic carbocycles. The van der Waals surface area contributed by atoms with Crippen molar-refractivity contribution in [1.82, 2.24) is 5.32 Å². The fourth-order valence-electron chi connectivity index (χ4n) is 1.18. The molecule has 0 saturated carbocycles. The minimum absolute atomic E-state index is 0.233. The Morgan fingerprint density at radius 1 is 1.44 bits per heavy atom. The van der Waals surface area contributed by atoms with Gasteiger partial charge >= 0.3 is 5.97 Å². The average molecular weight is 225 g/mol. The van der Waals surface area contributed by atoms with Crippen LogP contribution in [0, 0.1) is 12.3 Å². The lowest BCUT2D eigenvalue weighted by atomic mass is 9.99. The average Bonchev–Trinajstić information content (AvgIpc) is 2.24. The number of carboxylic acids is 1. The lowest BCUT2D eigenvalue weighted by Gasteiger charge is -2.24. The molecule has 0 fully saturated rings. The van der Waals surface area contributed by atoms with Gasteiger partial charge in [-0.05, 0) is 26.2 Å². The van der Waals surface area contributed by atoms with E-state index in [4.69, 9.17) is 11.5 Å². The molecule has 0 aliphatic rings. The van der Waals surface area contributed by atoms with Gasteiger partial charge in [0.25, 0.3) is 0 Å². The van der Waals surface area contributed by atoms with Crippen LogP contribution in [0.15, 0.2) is 0 Å². The van der Waals surface area contributed by atoms with Crippen molar-refractivity contribution < 1.29 is 14.7 Å². The van der Waals surface area contributed by atoms with Crippen LogP contribution in [0.5, 0.6) is 0 Å². The van der Waals surface area contributed by atoms with Gasteiger partial charge in [0.15, 0.2) is 0 Å². The van der Waals surface area contributed by atoms with Crippen molar-refractivity contribution >= 4 is 11.9 Å². The van der Waals surface area contributed by atoms with Crippen LogP contribution in [0.1, 0.15) is 46.0 Å². The Labute approximate surface area is 96.4 Å². The third-order valence-corrected chi connectivity index (χ3v) is 2.57. The van der Waals surface area contributed by atoms with Crippen molar-refractivity contribution in [2.24, 2.45) is 0 Å². The van der Waals surface area contributed by atoms with Crippen LogP contribution in [0.25, 0.3) is 0 Å². The number of rotatable bonds is 7. The molecule has 4 nitrogen and oxygen atoms in total. The van der Waals surface area contributed by atoms with Gasteiger partial charge in [-0.2, -0.15) is 0 Å². The predicted octanol–water partition coefficient (Wildman–Crippen LogP) is 1.55. The van der Waals surface area contributed by atoms with Gasteiger partial charge in [0.05, 0.1) is 0 Å². The minimum atomic E-state index is -1.16. The zero-order valence-electron chi connectivity index (χ0n) is 9.88. The third kappa shape index (κ3) is 4.83. The Morgan fingerprint density at radius 2 is 2.06 bits per heavy atom. The molecule has 0 spiro atoms. The number of carbonyl (C=O) groups is 2. The molecule has 0 heterocycles. The fourth-order valence-corrected chi connectivity index (χ4v) is 1.18. The molecule has 0 aromatic rings.